The number of thiazole rings is 1. The van der Waals surface area contributed by atoms with Crippen LogP contribution in [0.1, 0.15) is 29.4 Å². The number of aromatic nitrogens is 1. The molecule has 1 aromatic rings. The first-order chi connectivity index (χ1) is 9.15. The molecule has 1 unspecified atom stereocenters. The molecule has 0 aliphatic carbocycles. The first kappa shape index (κ1) is 14.1. The Labute approximate surface area is 116 Å². The van der Waals surface area contributed by atoms with Gasteiger partial charge in [0.2, 0.25) is 0 Å². The van der Waals surface area contributed by atoms with Crippen molar-refractivity contribution in [1.29, 1.82) is 0 Å². The summed E-state index contributed by atoms with van der Waals surface area (Å²) in [5.41, 5.74) is 5.80. The Kier molecular flexibility index (Phi) is 4.60. The van der Waals surface area contributed by atoms with Crippen molar-refractivity contribution in [2.45, 2.75) is 25.9 Å². The molecule has 1 aromatic heterocycles. The molecule has 106 valence electrons. The fourth-order valence-corrected chi connectivity index (χ4v) is 2.93. The molecule has 1 amide bonds. The number of nitrogens with zero attached hydrogens (tertiary/aromatic N) is 2. The van der Waals surface area contributed by atoms with Gasteiger partial charge in [0.1, 0.15) is 10.7 Å². The van der Waals surface area contributed by atoms with E-state index in [0.717, 1.165) is 19.4 Å². The van der Waals surface area contributed by atoms with Crippen molar-refractivity contribution in [3.63, 3.8) is 0 Å². The zero-order chi connectivity index (χ0) is 13.8. The predicted molar refractivity (Wildman–Crippen MR) is 76.6 cm³/mol. The average molecular weight is 284 g/mol. The Morgan fingerprint density at radius 3 is 3.00 bits per heavy atom. The molecule has 0 bridgehead atoms. The second-order valence-electron chi connectivity index (χ2n) is 4.46. The quantitative estimate of drug-likeness (QED) is 0.854. The number of amides is 1. The van der Waals surface area contributed by atoms with Crippen molar-refractivity contribution in [3.05, 3.63) is 4.88 Å². The van der Waals surface area contributed by atoms with Crippen molar-refractivity contribution < 1.29 is 9.53 Å². The maximum Gasteiger partial charge on any atom is 0.267 e. The maximum absolute atomic E-state index is 12.4. The Morgan fingerprint density at radius 2 is 2.47 bits per heavy atom. The van der Waals surface area contributed by atoms with Crippen LogP contribution in [0.2, 0.25) is 0 Å². The van der Waals surface area contributed by atoms with Gasteiger partial charge in [-0.25, -0.2) is 4.98 Å². The molecule has 1 aliphatic heterocycles. The van der Waals surface area contributed by atoms with Gasteiger partial charge >= 0.3 is 0 Å². The van der Waals surface area contributed by atoms with E-state index in [1.54, 1.807) is 11.9 Å². The molecule has 2 rings (SSSR count). The molecule has 3 N–H and O–H groups in total. The van der Waals surface area contributed by atoms with E-state index < -0.39 is 0 Å². The summed E-state index contributed by atoms with van der Waals surface area (Å²) in [5, 5.41) is 3.57. The third-order valence-corrected chi connectivity index (χ3v) is 4.26. The van der Waals surface area contributed by atoms with Crippen LogP contribution in [0, 0.1) is 0 Å². The number of ether oxygens (including phenoxy) is 1. The summed E-state index contributed by atoms with van der Waals surface area (Å²) in [6.07, 6.45) is 2.24. The lowest BCUT2D eigenvalue weighted by Gasteiger charge is -2.23. The molecule has 1 fully saturated rings. The number of hydrogen-bond donors (Lipinski definition) is 2. The second-order valence-corrected chi connectivity index (χ2v) is 5.46. The maximum atomic E-state index is 12.4. The van der Waals surface area contributed by atoms with Gasteiger partial charge in [-0.1, -0.05) is 11.3 Å². The van der Waals surface area contributed by atoms with Crippen molar-refractivity contribution in [2.75, 3.05) is 37.8 Å². The number of nitrogen functional groups attached to an aromatic ring is 1. The summed E-state index contributed by atoms with van der Waals surface area (Å²) < 4.78 is 5.58. The van der Waals surface area contributed by atoms with E-state index in [4.69, 9.17) is 10.5 Å². The van der Waals surface area contributed by atoms with E-state index in [1.165, 1.54) is 11.3 Å². The standard InChI is InChI=1S/C12H20N4O2S/c1-3-16(7-8-5-4-6-18-8)11(17)9-10(13)15-12(14-2)19-9/h8H,3-7,13H2,1-2H3,(H,14,15). The number of anilines is 2. The number of nitrogens with two attached hydrogens (primary N) is 1. The molecule has 1 aliphatic rings. The summed E-state index contributed by atoms with van der Waals surface area (Å²) in [7, 11) is 1.76. The van der Waals surface area contributed by atoms with E-state index >= 15 is 0 Å². The smallest absolute Gasteiger partial charge is 0.267 e. The largest absolute Gasteiger partial charge is 0.382 e. The lowest BCUT2D eigenvalue weighted by molar-refractivity contribution is 0.0543. The fraction of sp³-hybridized carbons (Fsp3) is 0.667. The van der Waals surface area contributed by atoms with Gasteiger partial charge in [0.15, 0.2) is 5.13 Å². The minimum Gasteiger partial charge on any atom is -0.382 e. The molecule has 7 heteroatoms. The van der Waals surface area contributed by atoms with Gasteiger partial charge in [-0.3, -0.25) is 4.79 Å². The Balaban J connectivity index is 2.08. The van der Waals surface area contributed by atoms with E-state index in [-0.39, 0.29) is 12.0 Å². The molecule has 6 nitrogen and oxygen atoms in total. The summed E-state index contributed by atoms with van der Waals surface area (Å²) in [6, 6.07) is 0. The highest BCUT2D eigenvalue weighted by molar-refractivity contribution is 7.18. The van der Waals surface area contributed by atoms with Crippen molar-refractivity contribution in [3.8, 4) is 0 Å². The number of carbonyl (C=O) groups is 1. The predicted octanol–water partition coefficient (Wildman–Crippen LogP) is 1.41. The molecule has 0 radical (unpaired) electrons. The zero-order valence-electron chi connectivity index (χ0n) is 11.3. The Bertz CT molecular complexity index is 443. The highest BCUT2D eigenvalue weighted by Gasteiger charge is 2.25. The topological polar surface area (TPSA) is 80.5 Å². The lowest BCUT2D eigenvalue weighted by atomic mass is 10.2. The summed E-state index contributed by atoms with van der Waals surface area (Å²) in [6.45, 7) is 4.03. The van der Waals surface area contributed by atoms with Crippen LogP contribution in [-0.2, 0) is 4.74 Å². The molecule has 19 heavy (non-hydrogen) atoms. The first-order valence-corrected chi connectivity index (χ1v) is 7.32. The van der Waals surface area contributed by atoms with Gasteiger partial charge in [-0.15, -0.1) is 0 Å². The molecular formula is C12H20N4O2S. The minimum absolute atomic E-state index is 0.0606. The van der Waals surface area contributed by atoms with Gasteiger partial charge in [0, 0.05) is 26.7 Å². The summed E-state index contributed by atoms with van der Waals surface area (Å²) in [5.74, 6) is 0.236. The Morgan fingerprint density at radius 1 is 1.68 bits per heavy atom. The number of likely N-dealkylation sites (N-methyl/N-ethyl adjacent to an activating group) is 1. The normalized spacial score (nSPS) is 18.5. The third-order valence-electron chi connectivity index (χ3n) is 3.18. The van der Waals surface area contributed by atoms with Gasteiger partial charge in [-0.05, 0) is 19.8 Å². The summed E-state index contributed by atoms with van der Waals surface area (Å²) >= 11 is 1.29. The van der Waals surface area contributed by atoms with Crippen LogP contribution in [0.4, 0.5) is 10.9 Å². The van der Waals surface area contributed by atoms with Gasteiger partial charge in [0.25, 0.3) is 5.91 Å². The van der Waals surface area contributed by atoms with Crippen LogP contribution in [0.15, 0.2) is 0 Å². The Hall–Kier alpha value is -1.34. The van der Waals surface area contributed by atoms with Crippen LogP contribution in [0.5, 0.6) is 0 Å². The SMILES string of the molecule is CCN(CC1CCCO1)C(=O)c1sc(NC)nc1N. The summed E-state index contributed by atoms with van der Waals surface area (Å²) in [4.78, 5) is 18.8. The van der Waals surface area contributed by atoms with Gasteiger partial charge in [0.05, 0.1) is 6.10 Å². The number of carbonyl (C=O) groups excluding carboxylic acids is 1. The first-order valence-electron chi connectivity index (χ1n) is 6.50. The van der Waals surface area contributed by atoms with Crippen LogP contribution < -0.4 is 11.1 Å². The van der Waals surface area contributed by atoms with Crippen molar-refractivity contribution >= 4 is 28.2 Å². The zero-order valence-corrected chi connectivity index (χ0v) is 12.1. The minimum atomic E-state index is -0.0606. The molecule has 1 atom stereocenters. The van der Waals surface area contributed by atoms with Crippen LogP contribution in [-0.4, -0.2) is 48.6 Å². The fourth-order valence-electron chi connectivity index (χ4n) is 2.13. The van der Waals surface area contributed by atoms with E-state index in [0.29, 0.717) is 28.9 Å². The van der Waals surface area contributed by atoms with Crippen molar-refractivity contribution in [1.82, 2.24) is 9.88 Å². The highest BCUT2D eigenvalue weighted by Crippen LogP contribution is 2.26. The number of nitrogens with one attached hydrogen (secondary N) is 1. The average Bonchev–Trinajstić information content (AvgIpc) is 3.04. The van der Waals surface area contributed by atoms with Crippen molar-refractivity contribution in [2.24, 2.45) is 0 Å². The monoisotopic (exact) mass is 284 g/mol. The van der Waals surface area contributed by atoms with E-state index in [1.807, 2.05) is 6.92 Å². The lowest BCUT2D eigenvalue weighted by Crippen LogP contribution is -2.37. The van der Waals surface area contributed by atoms with Crippen LogP contribution in [0.25, 0.3) is 0 Å². The molecular weight excluding hydrogens is 264 g/mol. The number of rotatable bonds is 5. The third kappa shape index (κ3) is 3.16. The molecule has 0 spiro atoms. The van der Waals surface area contributed by atoms with E-state index in [9.17, 15) is 4.79 Å². The second kappa shape index (κ2) is 6.21. The highest BCUT2D eigenvalue weighted by atomic mass is 32.1. The van der Waals surface area contributed by atoms with Gasteiger partial charge < -0.3 is 20.7 Å². The molecule has 0 aromatic carbocycles. The van der Waals surface area contributed by atoms with Crippen LogP contribution in [0.3, 0.4) is 0 Å². The number of hydrogen-bond acceptors (Lipinski definition) is 6. The molecule has 1 saturated heterocycles. The molecule has 2 heterocycles. The van der Waals surface area contributed by atoms with Gasteiger partial charge in [-0.2, -0.15) is 0 Å². The van der Waals surface area contributed by atoms with Crippen LogP contribution >= 0.6 is 11.3 Å². The molecule has 0 saturated carbocycles. The van der Waals surface area contributed by atoms with E-state index in [2.05, 4.69) is 10.3 Å².